The summed E-state index contributed by atoms with van der Waals surface area (Å²) < 4.78 is 0. The molecular formula is C13H21N3O2S. The van der Waals surface area contributed by atoms with Crippen LogP contribution >= 0.6 is 11.8 Å². The van der Waals surface area contributed by atoms with E-state index in [1.807, 2.05) is 11.8 Å². The molecule has 106 valence electrons. The van der Waals surface area contributed by atoms with Crippen LogP contribution in [-0.2, 0) is 9.59 Å². The summed E-state index contributed by atoms with van der Waals surface area (Å²) in [6.07, 6.45) is 3.93. The first-order chi connectivity index (χ1) is 9.25. The lowest BCUT2D eigenvalue weighted by Gasteiger charge is -2.30. The third kappa shape index (κ3) is 3.05. The molecule has 1 saturated carbocycles. The molecule has 5 nitrogen and oxygen atoms in total. The van der Waals surface area contributed by atoms with E-state index in [4.69, 9.17) is 0 Å². The second-order valence-corrected chi connectivity index (χ2v) is 6.70. The summed E-state index contributed by atoms with van der Waals surface area (Å²) >= 11 is 1.81. The fraction of sp³-hybridized carbons (Fsp3) is 0.846. The number of carbonyl (C=O) groups is 2. The number of carbonyl (C=O) groups excluding carboxylic acids is 2. The molecule has 2 heterocycles. The highest BCUT2D eigenvalue weighted by atomic mass is 32.2. The Balaban J connectivity index is 1.60. The number of likely N-dealkylation sites (tertiary alicyclic amines) is 1. The maximum Gasteiger partial charge on any atom is 0.243 e. The van der Waals surface area contributed by atoms with Gasteiger partial charge in [-0.1, -0.05) is 0 Å². The molecule has 2 amide bonds. The molecule has 2 aliphatic heterocycles. The zero-order valence-corrected chi connectivity index (χ0v) is 11.9. The quantitative estimate of drug-likeness (QED) is 0.763. The number of nitrogens with zero attached hydrogens (tertiary/aromatic N) is 1. The number of nitrogens with one attached hydrogen (secondary N) is 2. The minimum Gasteiger partial charge on any atom is -0.352 e. The molecule has 3 rings (SSSR count). The van der Waals surface area contributed by atoms with E-state index in [9.17, 15) is 9.59 Å². The van der Waals surface area contributed by atoms with Crippen LogP contribution in [0.2, 0.25) is 0 Å². The van der Waals surface area contributed by atoms with Gasteiger partial charge in [0.1, 0.15) is 6.04 Å². The number of thioether (sulfide) groups is 1. The van der Waals surface area contributed by atoms with Gasteiger partial charge < -0.3 is 15.5 Å². The Morgan fingerprint density at radius 1 is 1.26 bits per heavy atom. The molecule has 0 bridgehead atoms. The predicted molar refractivity (Wildman–Crippen MR) is 75.0 cm³/mol. The topological polar surface area (TPSA) is 61.4 Å². The van der Waals surface area contributed by atoms with Crippen molar-refractivity contribution in [3.05, 3.63) is 0 Å². The summed E-state index contributed by atoms with van der Waals surface area (Å²) in [6.45, 7) is 1.61. The third-order valence-electron chi connectivity index (χ3n) is 3.98. The van der Waals surface area contributed by atoms with Crippen molar-refractivity contribution in [2.45, 2.75) is 43.8 Å². The molecule has 19 heavy (non-hydrogen) atoms. The molecule has 6 heteroatoms. The van der Waals surface area contributed by atoms with Crippen molar-refractivity contribution >= 4 is 23.6 Å². The van der Waals surface area contributed by atoms with Gasteiger partial charge in [0, 0.05) is 30.6 Å². The first-order valence-corrected chi connectivity index (χ1v) is 8.33. The van der Waals surface area contributed by atoms with Gasteiger partial charge in [0.15, 0.2) is 0 Å². The zero-order valence-electron chi connectivity index (χ0n) is 11.1. The van der Waals surface area contributed by atoms with Crippen molar-refractivity contribution in [2.75, 3.05) is 24.6 Å². The van der Waals surface area contributed by atoms with Gasteiger partial charge in [-0.05, 0) is 25.7 Å². The zero-order chi connectivity index (χ0) is 13.2. The molecule has 2 saturated heterocycles. The van der Waals surface area contributed by atoms with E-state index in [0.29, 0.717) is 6.04 Å². The molecule has 0 aromatic heterocycles. The van der Waals surface area contributed by atoms with Gasteiger partial charge in [-0.15, -0.1) is 0 Å². The monoisotopic (exact) mass is 283 g/mol. The highest BCUT2D eigenvalue weighted by Crippen LogP contribution is 2.23. The van der Waals surface area contributed by atoms with Gasteiger partial charge in [-0.25, -0.2) is 0 Å². The average molecular weight is 283 g/mol. The van der Waals surface area contributed by atoms with Crippen LogP contribution in [0.4, 0.5) is 0 Å². The van der Waals surface area contributed by atoms with E-state index in [1.54, 1.807) is 4.90 Å². The second kappa shape index (κ2) is 5.71. The van der Waals surface area contributed by atoms with Crippen LogP contribution in [0, 0.1) is 0 Å². The standard InChI is InChI=1S/C13H21N3O2S/c17-12(15-9-3-4-9)11-2-1-6-16(11)13(18)10-8-19-7-5-14-10/h9-11,14H,1-8H2,(H,15,17). The number of hydrogen-bond acceptors (Lipinski definition) is 4. The largest absolute Gasteiger partial charge is 0.352 e. The third-order valence-corrected chi connectivity index (χ3v) is 5.04. The Morgan fingerprint density at radius 3 is 2.79 bits per heavy atom. The first-order valence-electron chi connectivity index (χ1n) is 7.17. The summed E-state index contributed by atoms with van der Waals surface area (Å²) in [5.41, 5.74) is 0. The van der Waals surface area contributed by atoms with Crippen molar-refractivity contribution in [3.63, 3.8) is 0 Å². The molecule has 0 radical (unpaired) electrons. The summed E-state index contributed by atoms with van der Waals surface area (Å²) in [7, 11) is 0. The smallest absolute Gasteiger partial charge is 0.243 e. The SMILES string of the molecule is O=C(NC1CC1)C1CCCN1C(=O)C1CSCCN1. The van der Waals surface area contributed by atoms with Crippen LogP contribution in [0.5, 0.6) is 0 Å². The van der Waals surface area contributed by atoms with E-state index in [-0.39, 0.29) is 23.9 Å². The fourth-order valence-corrected chi connectivity index (χ4v) is 3.68. The van der Waals surface area contributed by atoms with E-state index in [2.05, 4.69) is 10.6 Å². The molecule has 2 atom stereocenters. The minimum absolute atomic E-state index is 0.0526. The van der Waals surface area contributed by atoms with Crippen molar-refractivity contribution < 1.29 is 9.59 Å². The van der Waals surface area contributed by atoms with Crippen molar-refractivity contribution in [2.24, 2.45) is 0 Å². The molecule has 3 fully saturated rings. The van der Waals surface area contributed by atoms with E-state index < -0.39 is 0 Å². The normalized spacial score (nSPS) is 31.3. The van der Waals surface area contributed by atoms with Crippen LogP contribution in [0.3, 0.4) is 0 Å². The van der Waals surface area contributed by atoms with E-state index in [0.717, 1.165) is 50.3 Å². The Hall–Kier alpha value is -0.750. The Labute approximate surface area is 117 Å². The number of amides is 2. The Morgan fingerprint density at radius 2 is 2.11 bits per heavy atom. The molecule has 0 aromatic rings. The molecule has 0 spiro atoms. The first kappa shape index (κ1) is 13.2. The lowest BCUT2D eigenvalue weighted by atomic mass is 10.2. The Bertz CT molecular complexity index is 367. The van der Waals surface area contributed by atoms with Crippen LogP contribution in [-0.4, -0.2) is 59.4 Å². The van der Waals surface area contributed by atoms with Crippen molar-refractivity contribution in [1.82, 2.24) is 15.5 Å². The van der Waals surface area contributed by atoms with Crippen molar-refractivity contribution in [3.8, 4) is 0 Å². The van der Waals surface area contributed by atoms with Crippen LogP contribution < -0.4 is 10.6 Å². The highest BCUT2D eigenvalue weighted by Gasteiger charge is 2.38. The predicted octanol–water partition coefficient (Wildman–Crippen LogP) is -0.0390. The molecule has 0 aromatic carbocycles. The summed E-state index contributed by atoms with van der Waals surface area (Å²) in [6, 6.07) is 0.0308. The second-order valence-electron chi connectivity index (χ2n) is 5.55. The van der Waals surface area contributed by atoms with Gasteiger partial charge in [-0.3, -0.25) is 9.59 Å². The van der Waals surface area contributed by atoms with Gasteiger partial charge in [0.25, 0.3) is 0 Å². The maximum atomic E-state index is 12.5. The molecular weight excluding hydrogens is 262 g/mol. The molecule has 1 aliphatic carbocycles. The van der Waals surface area contributed by atoms with Crippen molar-refractivity contribution in [1.29, 1.82) is 0 Å². The molecule has 2 unspecified atom stereocenters. The van der Waals surface area contributed by atoms with Crippen LogP contribution in [0.15, 0.2) is 0 Å². The molecule has 3 aliphatic rings. The van der Waals surface area contributed by atoms with E-state index >= 15 is 0 Å². The summed E-state index contributed by atoms with van der Waals surface area (Å²) in [5.74, 6) is 2.05. The lowest BCUT2D eigenvalue weighted by molar-refractivity contribution is -0.139. The lowest BCUT2D eigenvalue weighted by Crippen LogP contribution is -2.54. The Kier molecular flexibility index (Phi) is 3.98. The fourth-order valence-electron chi connectivity index (χ4n) is 2.75. The maximum absolute atomic E-state index is 12.5. The van der Waals surface area contributed by atoms with Crippen LogP contribution in [0.25, 0.3) is 0 Å². The van der Waals surface area contributed by atoms with Gasteiger partial charge in [-0.2, -0.15) is 11.8 Å². The van der Waals surface area contributed by atoms with Gasteiger partial charge >= 0.3 is 0 Å². The summed E-state index contributed by atoms with van der Waals surface area (Å²) in [4.78, 5) is 26.4. The highest BCUT2D eigenvalue weighted by molar-refractivity contribution is 7.99. The molecule has 2 N–H and O–H groups in total. The van der Waals surface area contributed by atoms with Gasteiger partial charge in [0.2, 0.25) is 11.8 Å². The summed E-state index contributed by atoms with van der Waals surface area (Å²) in [5, 5.41) is 6.29. The minimum atomic E-state index is -0.234. The number of rotatable bonds is 3. The van der Waals surface area contributed by atoms with Gasteiger partial charge in [0.05, 0.1) is 6.04 Å². The van der Waals surface area contributed by atoms with E-state index in [1.165, 1.54) is 0 Å². The average Bonchev–Trinajstić information content (AvgIpc) is 3.11. The number of hydrogen-bond donors (Lipinski definition) is 2. The van der Waals surface area contributed by atoms with Crippen LogP contribution in [0.1, 0.15) is 25.7 Å².